The van der Waals surface area contributed by atoms with Crippen LogP contribution < -0.4 is 15.4 Å². The summed E-state index contributed by atoms with van der Waals surface area (Å²) in [5, 5.41) is 18.3. The van der Waals surface area contributed by atoms with Crippen LogP contribution in [0.3, 0.4) is 0 Å². The second kappa shape index (κ2) is 11.0. The molecule has 31 heavy (non-hydrogen) atoms. The fourth-order valence-electron chi connectivity index (χ4n) is 2.94. The van der Waals surface area contributed by atoms with Crippen LogP contribution in [0.15, 0.2) is 60.7 Å². The standard InChI is InChI=1S/C23H23Cl2N3O3/c1-16-2-4-17(5-3-16)15-31-23-9-6-19(24)12-18(23)14-26-10-11-27-22-8-7-20(28(29)30)13-21(22)25/h2-9,12-13,26-27H,10-11,14-15H2,1H3. The van der Waals surface area contributed by atoms with Gasteiger partial charge in [-0.2, -0.15) is 0 Å². The van der Waals surface area contributed by atoms with Gasteiger partial charge in [0.15, 0.2) is 0 Å². The van der Waals surface area contributed by atoms with E-state index >= 15 is 0 Å². The third kappa shape index (κ3) is 6.85. The minimum Gasteiger partial charge on any atom is -0.489 e. The number of nitro benzene ring substituents is 1. The number of rotatable bonds is 10. The first-order valence-electron chi connectivity index (χ1n) is 9.77. The van der Waals surface area contributed by atoms with E-state index in [9.17, 15) is 10.1 Å². The van der Waals surface area contributed by atoms with Gasteiger partial charge in [-0.25, -0.2) is 0 Å². The van der Waals surface area contributed by atoms with E-state index in [-0.39, 0.29) is 5.69 Å². The smallest absolute Gasteiger partial charge is 0.271 e. The number of aryl methyl sites for hydroxylation is 1. The average molecular weight is 460 g/mol. The normalized spacial score (nSPS) is 10.7. The molecule has 0 aliphatic carbocycles. The Morgan fingerprint density at radius 3 is 2.48 bits per heavy atom. The Labute approximate surface area is 191 Å². The zero-order chi connectivity index (χ0) is 22.2. The lowest BCUT2D eigenvalue weighted by Gasteiger charge is -2.14. The van der Waals surface area contributed by atoms with Crippen LogP contribution in [0.2, 0.25) is 10.0 Å². The van der Waals surface area contributed by atoms with Crippen molar-refractivity contribution in [2.45, 2.75) is 20.1 Å². The molecule has 0 saturated carbocycles. The summed E-state index contributed by atoms with van der Waals surface area (Å²) in [6.45, 7) is 4.36. The Bertz CT molecular complexity index is 1040. The summed E-state index contributed by atoms with van der Waals surface area (Å²) >= 11 is 12.3. The molecule has 0 amide bonds. The molecule has 0 radical (unpaired) electrons. The molecule has 8 heteroatoms. The quantitative estimate of drug-likeness (QED) is 0.221. The number of benzene rings is 3. The van der Waals surface area contributed by atoms with E-state index in [1.54, 1.807) is 6.07 Å². The Morgan fingerprint density at radius 2 is 1.77 bits per heavy atom. The number of anilines is 1. The van der Waals surface area contributed by atoms with Crippen molar-refractivity contribution in [3.8, 4) is 5.75 Å². The van der Waals surface area contributed by atoms with Crippen LogP contribution in [0.25, 0.3) is 0 Å². The van der Waals surface area contributed by atoms with Gasteiger partial charge in [0.2, 0.25) is 0 Å². The lowest BCUT2D eigenvalue weighted by atomic mass is 10.1. The monoisotopic (exact) mass is 459 g/mol. The Hall–Kier alpha value is -2.80. The van der Waals surface area contributed by atoms with E-state index in [1.807, 2.05) is 18.2 Å². The van der Waals surface area contributed by atoms with Gasteiger partial charge in [0, 0.05) is 42.4 Å². The van der Waals surface area contributed by atoms with Crippen molar-refractivity contribution in [3.05, 3.63) is 97.5 Å². The molecule has 0 saturated heterocycles. The maximum atomic E-state index is 10.8. The molecule has 162 valence electrons. The minimum atomic E-state index is -0.472. The van der Waals surface area contributed by atoms with Crippen LogP contribution >= 0.6 is 23.2 Å². The van der Waals surface area contributed by atoms with Crippen LogP contribution in [0.4, 0.5) is 11.4 Å². The largest absolute Gasteiger partial charge is 0.489 e. The SMILES string of the molecule is Cc1ccc(COc2ccc(Cl)cc2CNCCNc2ccc([N+](=O)[O-])cc2Cl)cc1. The predicted octanol–water partition coefficient (Wildman–Crippen LogP) is 5.99. The molecule has 0 unspecified atom stereocenters. The average Bonchev–Trinajstić information content (AvgIpc) is 2.75. The fourth-order valence-corrected chi connectivity index (χ4v) is 3.38. The van der Waals surface area contributed by atoms with Crippen molar-refractivity contribution in [3.63, 3.8) is 0 Å². The zero-order valence-corrected chi connectivity index (χ0v) is 18.5. The van der Waals surface area contributed by atoms with E-state index in [1.165, 1.54) is 17.7 Å². The molecule has 3 aromatic rings. The molecule has 6 nitrogen and oxygen atoms in total. The number of non-ortho nitro benzene ring substituents is 1. The van der Waals surface area contributed by atoms with Gasteiger partial charge in [-0.1, -0.05) is 53.0 Å². The summed E-state index contributed by atoms with van der Waals surface area (Å²) in [7, 11) is 0. The second-order valence-electron chi connectivity index (χ2n) is 7.05. The lowest BCUT2D eigenvalue weighted by molar-refractivity contribution is -0.384. The highest BCUT2D eigenvalue weighted by Gasteiger charge is 2.09. The number of nitro groups is 1. The van der Waals surface area contributed by atoms with E-state index < -0.39 is 4.92 Å². The van der Waals surface area contributed by atoms with Gasteiger partial charge >= 0.3 is 0 Å². The van der Waals surface area contributed by atoms with Gasteiger partial charge in [0.05, 0.1) is 15.6 Å². The van der Waals surface area contributed by atoms with Gasteiger partial charge in [0.25, 0.3) is 5.69 Å². The van der Waals surface area contributed by atoms with Crippen molar-refractivity contribution in [2.75, 3.05) is 18.4 Å². The van der Waals surface area contributed by atoms with Crippen LogP contribution in [-0.2, 0) is 13.2 Å². The Kier molecular flexibility index (Phi) is 8.12. The third-order valence-corrected chi connectivity index (χ3v) is 5.18. The maximum absolute atomic E-state index is 10.8. The highest BCUT2D eigenvalue weighted by atomic mass is 35.5. The number of nitrogens with zero attached hydrogens (tertiary/aromatic N) is 1. The number of nitrogens with one attached hydrogen (secondary N) is 2. The van der Waals surface area contributed by atoms with Gasteiger partial charge in [-0.15, -0.1) is 0 Å². The van der Waals surface area contributed by atoms with Gasteiger partial charge in [-0.05, 0) is 36.8 Å². The zero-order valence-electron chi connectivity index (χ0n) is 17.0. The van der Waals surface area contributed by atoms with Gasteiger partial charge in [0.1, 0.15) is 12.4 Å². The van der Waals surface area contributed by atoms with Gasteiger partial charge in [-0.3, -0.25) is 10.1 Å². The van der Waals surface area contributed by atoms with Crippen molar-refractivity contribution in [2.24, 2.45) is 0 Å². The van der Waals surface area contributed by atoms with Crippen molar-refractivity contribution < 1.29 is 9.66 Å². The number of halogens is 2. The molecular formula is C23H23Cl2N3O3. The van der Waals surface area contributed by atoms with Crippen LogP contribution in [0, 0.1) is 17.0 Å². The molecule has 3 rings (SSSR count). The second-order valence-corrected chi connectivity index (χ2v) is 7.89. The summed E-state index contributed by atoms with van der Waals surface area (Å²) in [6.07, 6.45) is 0. The summed E-state index contributed by atoms with van der Waals surface area (Å²) in [5.74, 6) is 0.781. The minimum absolute atomic E-state index is 0.0344. The summed E-state index contributed by atoms with van der Waals surface area (Å²) in [4.78, 5) is 10.3. The third-order valence-electron chi connectivity index (χ3n) is 4.63. The molecule has 0 bridgehead atoms. The van der Waals surface area contributed by atoms with Crippen LogP contribution in [0.5, 0.6) is 5.75 Å². The molecule has 0 aromatic heterocycles. The first kappa shape index (κ1) is 22.9. The molecule has 0 atom stereocenters. The first-order chi connectivity index (χ1) is 14.9. The van der Waals surface area contributed by atoms with E-state index in [4.69, 9.17) is 27.9 Å². The predicted molar refractivity (Wildman–Crippen MR) is 125 cm³/mol. The molecule has 0 spiro atoms. The fraction of sp³-hybridized carbons (Fsp3) is 0.217. The highest BCUT2D eigenvalue weighted by Crippen LogP contribution is 2.26. The highest BCUT2D eigenvalue weighted by molar-refractivity contribution is 6.33. The number of hydrogen-bond donors (Lipinski definition) is 2. The van der Waals surface area contributed by atoms with E-state index in [2.05, 4.69) is 41.8 Å². The molecular weight excluding hydrogens is 437 g/mol. The Morgan fingerprint density at radius 1 is 1.00 bits per heavy atom. The summed E-state index contributed by atoms with van der Waals surface area (Å²) in [6, 6.07) is 18.2. The lowest BCUT2D eigenvalue weighted by Crippen LogP contribution is -2.22. The topological polar surface area (TPSA) is 76.4 Å². The maximum Gasteiger partial charge on any atom is 0.271 e. The van der Waals surface area contributed by atoms with Crippen LogP contribution in [0.1, 0.15) is 16.7 Å². The molecule has 3 aromatic carbocycles. The Balaban J connectivity index is 1.50. The summed E-state index contributed by atoms with van der Waals surface area (Å²) in [5.41, 5.74) is 3.90. The van der Waals surface area contributed by atoms with Crippen molar-refractivity contribution in [1.82, 2.24) is 5.32 Å². The van der Waals surface area contributed by atoms with Crippen molar-refractivity contribution >= 4 is 34.6 Å². The van der Waals surface area contributed by atoms with Gasteiger partial charge < -0.3 is 15.4 Å². The first-order valence-corrected chi connectivity index (χ1v) is 10.5. The number of ether oxygens (including phenoxy) is 1. The van der Waals surface area contributed by atoms with E-state index in [0.717, 1.165) is 16.9 Å². The summed E-state index contributed by atoms with van der Waals surface area (Å²) < 4.78 is 6.00. The molecule has 0 aliphatic heterocycles. The van der Waals surface area contributed by atoms with Crippen molar-refractivity contribution in [1.29, 1.82) is 0 Å². The van der Waals surface area contributed by atoms with E-state index in [0.29, 0.717) is 42.0 Å². The number of hydrogen-bond acceptors (Lipinski definition) is 5. The molecule has 0 heterocycles. The molecule has 2 N–H and O–H groups in total. The van der Waals surface area contributed by atoms with Crippen LogP contribution in [-0.4, -0.2) is 18.0 Å². The molecule has 0 fully saturated rings. The molecule has 0 aliphatic rings.